The second-order valence-corrected chi connectivity index (χ2v) is 5.86. The van der Waals surface area contributed by atoms with Crippen molar-refractivity contribution in [3.05, 3.63) is 29.8 Å². The summed E-state index contributed by atoms with van der Waals surface area (Å²) in [6.07, 6.45) is 4.05. The van der Waals surface area contributed by atoms with Crippen molar-refractivity contribution in [3.63, 3.8) is 0 Å². The predicted octanol–water partition coefficient (Wildman–Crippen LogP) is 3.39. The summed E-state index contributed by atoms with van der Waals surface area (Å²) in [5, 5.41) is 0. The summed E-state index contributed by atoms with van der Waals surface area (Å²) >= 11 is 0. The molecule has 1 saturated heterocycles. The van der Waals surface area contributed by atoms with Gasteiger partial charge in [-0.15, -0.1) is 0 Å². The Balaban J connectivity index is 1.74. The quantitative estimate of drug-likeness (QED) is 0.745. The van der Waals surface area contributed by atoms with E-state index in [2.05, 4.69) is 11.8 Å². The molecule has 2 rings (SSSR count). The number of carbonyl (C=O) groups is 1. The monoisotopic (exact) mass is 275 g/mol. The molecule has 0 bridgehead atoms. The Morgan fingerprint density at radius 2 is 1.85 bits per heavy atom. The summed E-state index contributed by atoms with van der Waals surface area (Å²) in [5.74, 6) is 1.47. The summed E-state index contributed by atoms with van der Waals surface area (Å²) in [5.41, 5.74) is 0.735. The number of rotatable bonds is 6. The molecule has 0 radical (unpaired) electrons. The van der Waals surface area contributed by atoms with Gasteiger partial charge in [0.05, 0.1) is 6.61 Å². The van der Waals surface area contributed by atoms with E-state index in [9.17, 15) is 4.79 Å². The van der Waals surface area contributed by atoms with Gasteiger partial charge >= 0.3 is 0 Å². The fourth-order valence-corrected chi connectivity index (χ4v) is 2.66. The van der Waals surface area contributed by atoms with Crippen LogP contribution in [0.5, 0.6) is 5.75 Å². The van der Waals surface area contributed by atoms with Gasteiger partial charge in [-0.25, -0.2) is 0 Å². The molecule has 1 aliphatic heterocycles. The number of Topliss-reactive ketones (excluding diaryl/α,β-unsaturated/α-hetero) is 1. The van der Waals surface area contributed by atoms with Crippen LogP contribution in [0.4, 0.5) is 0 Å². The number of carbonyl (C=O) groups excluding carboxylic acids is 1. The van der Waals surface area contributed by atoms with Crippen LogP contribution in [0.3, 0.4) is 0 Å². The van der Waals surface area contributed by atoms with Crippen molar-refractivity contribution in [3.8, 4) is 5.75 Å². The first kappa shape index (κ1) is 15.0. The zero-order valence-corrected chi connectivity index (χ0v) is 12.6. The second kappa shape index (κ2) is 7.44. The van der Waals surface area contributed by atoms with E-state index in [4.69, 9.17) is 4.74 Å². The first-order valence-electron chi connectivity index (χ1n) is 7.61. The van der Waals surface area contributed by atoms with Crippen LogP contribution in [0.2, 0.25) is 0 Å². The van der Waals surface area contributed by atoms with E-state index in [1.165, 1.54) is 32.4 Å². The molecular formula is C17H25NO2. The third kappa shape index (κ3) is 4.64. The Labute approximate surface area is 121 Å². The lowest BCUT2D eigenvalue weighted by Gasteiger charge is -2.29. The predicted molar refractivity (Wildman–Crippen MR) is 81.4 cm³/mol. The molecule has 3 nitrogen and oxygen atoms in total. The summed E-state index contributed by atoms with van der Waals surface area (Å²) in [6.45, 7) is 8.13. The molecule has 20 heavy (non-hydrogen) atoms. The van der Waals surface area contributed by atoms with Crippen LogP contribution in [-0.4, -0.2) is 36.9 Å². The van der Waals surface area contributed by atoms with Crippen molar-refractivity contribution in [2.24, 2.45) is 5.92 Å². The van der Waals surface area contributed by atoms with Crippen LogP contribution < -0.4 is 4.74 Å². The first-order chi connectivity index (χ1) is 9.65. The van der Waals surface area contributed by atoms with Crippen molar-refractivity contribution in [1.82, 2.24) is 4.90 Å². The molecule has 110 valence electrons. The Morgan fingerprint density at radius 3 is 2.45 bits per heavy atom. The van der Waals surface area contributed by atoms with Gasteiger partial charge in [0, 0.05) is 18.0 Å². The van der Waals surface area contributed by atoms with E-state index < -0.39 is 0 Å². The largest absolute Gasteiger partial charge is 0.493 e. The van der Waals surface area contributed by atoms with Crippen LogP contribution in [-0.2, 0) is 0 Å². The lowest BCUT2D eigenvalue weighted by molar-refractivity contribution is 0.101. The maximum absolute atomic E-state index is 11.2. The molecule has 1 atom stereocenters. The molecule has 0 saturated carbocycles. The third-order valence-corrected chi connectivity index (χ3v) is 3.81. The first-order valence-corrected chi connectivity index (χ1v) is 7.61. The molecule has 3 heteroatoms. The number of piperidine rings is 1. The van der Waals surface area contributed by atoms with Crippen LogP contribution in [0.1, 0.15) is 43.5 Å². The minimum atomic E-state index is 0.0926. The Hall–Kier alpha value is -1.35. The summed E-state index contributed by atoms with van der Waals surface area (Å²) in [6, 6.07) is 7.41. The van der Waals surface area contributed by atoms with Crippen molar-refractivity contribution in [2.45, 2.75) is 33.1 Å². The fraction of sp³-hybridized carbons (Fsp3) is 0.588. The highest BCUT2D eigenvalue weighted by Gasteiger charge is 2.13. The smallest absolute Gasteiger partial charge is 0.159 e. The summed E-state index contributed by atoms with van der Waals surface area (Å²) < 4.78 is 5.81. The van der Waals surface area contributed by atoms with E-state index in [0.717, 1.165) is 24.5 Å². The Bertz CT molecular complexity index is 421. The van der Waals surface area contributed by atoms with Crippen LogP contribution >= 0.6 is 0 Å². The molecule has 1 aliphatic rings. The maximum Gasteiger partial charge on any atom is 0.159 e. The van der Waals surface area contributed by atoms with Gasteiger partial charge in [-0.2, -0.15) is 0 Å². The highest BCUT2D eigenvalue weighted by atomic mass is 16.5. The van der Waals surface area contributed by atoms with E-state index in [-0.39, 0.29) is 5.78 Å². The summed E-state index contributed by atoms with van der Waals surface area (Å²) in [4.78, 5) is 13.7. The molecule has 1 aromatic carbocycles. The van der Waals surface area contributed by atoms with Gasteiger partial charge in [0.25, 0.3) is 0 Å². The molecule has 0 aliphatic carbocycles. The van der Waals surface area contributed by atoms with Crippen LogP contribution in [0, 0.1) is 5.92 Å². The highest BCUT2D eigenvalue weighted by Crippen LogP contribution is 2.15. The average Bonchev–Trinajstić information content (AvgIpc) is 2.46. The number of ether oxygens (including phenoxy) is 1. The van der Waals surface area contributed by atoms with E-state index >= 15 is 0 Å². The minimum absolute atomic E-state index is 0.0926. The normalized spacial score (nSPS) is 17.7. The van der Waals surface area contributed by atoms with Crippen molar-refractivity contribution < 1.29 is 9.53 Å². The zero-order chi connectivity index (χ0) is 14.4. The number of benzene rings is 1. The highest BCUT2D eigenvalue weighted by molar-refractivity contribution is 5.94. The topological polar surface area (TPSA) is 29.5 Å². The van der Waals surface area contributed by atoms with Gasteiger partial charge < -0.3 is 9.64 Å². The SMILES string of the molecule is CC(=O)c1ccc(OC[C@H](C)CN2CCCCC2)cc1. The van der Waals surface area contributed by atoms with Crippen molar-refractivity contribution in [2.75, 3.05) is 26.2 Å². The molecular weight excluding hydrogens is 250 g/mol. The van der Waals surface area contributed by atoms with Gasteiger partial charge in [-0.1, -0.05) is 13.3 Å². The molecule has 1 heterocycles. The van der Waals surface area contributed by atoms with Gasteiger partial charge in [0.15, 0.2) is 5.78 Å². The van der Waals surface area contributed by atoms with Gasteiger partial charge in [0.1, 0.15) is 5.75 Å². The number of ketones is 1. The number of likely N-dealkylation sites (tertiary alicyclic amines) is 1. The van der Waals surface area contributed by atoms with Crippen molar-refractivity contribution in [1.29, 1.82) is 0 Å². The van der Waals surface area contributed by atoms with E-state index in [1.54, 1.807) is 6.92 Å². The van der Waals surface area contributed by atoms with Crippen LogP contribution in [0.25, 0.3) is 0 Å². The fourth-order valence-electron chi connectivity index (χ4n) is 2.66. The molecule has 0 unspecified atom stereocenters. The van der Waals surface area contributed by atoms with Gasteiger partial charge in [-0.3, -0.25) is 4.79 Å². The van der Waals surface area contributed by atoms with Crippen LogP contribution in [0.15, 0.2) is 24.3 Å². The lowest BCUT2D eigenvalue weighted by atomic mass is 10.1. The zero-order valence-electron chi connectivity index (χ0n) is 12.6. The second-order valence-electron chi connectivity index (χ2n) is 5.86. The number of hydrogen-bond donors (Lipinski definition) is 0. The molecule has 0 aromatic heterocycles. The molecule has 0 spiro atoms. The van der Waals surface area contributed by atoms with Crippen molar-refractivity contribution >= 4 is 5.78 Å². The lowest BCUT2D eigenvalue weighted by Crippen LogP contribution is -2.35. The average molecular weight is 275 g/mol. The Kier molecular flexibility index (Phi) is 5.60. The van der Waals surface area contributed by atoms with E-state index in [1.807, 2.05) is 24.3 Å². The maximum atomic E-state index is 11.2. The molecule has 0 N–H and O–H groups in total. The number of nitrogens with zero attached hydrogens (tertiary/aromatic N) is 1. The number of hydrogen-bond acceptors (Lipinski definition) is 3. The van der Waals surface area contributed by atoms with Gasteiger partial charge in [0.2, 0.25) is 0 Å². The molecule has 1 aromatic rings. The van der Waals surface area contributed by atoms with E-state index in [0.29, 0.717) is 5.92 Å². The summed E-state index contributed by atoms with van der Waals surface area (Å²) in [7, 11) is 0. The molecule has 0 amide bonds. The minimum Gasteiger partial charge on any atom is -0.493 e. The molecule has 1 fully saturated rings. The Morgan fingerprint density at radius 1 is 1.20 bits per heavy atom. The third-order valence-electron chi connectivity index (χ3n) is 3.81. The van der Waals surface area contributed by atoms with Gasteiger partial charge in [-0.05, 0) is 57.1 Å². The standard InChI is InChI=1S/C17H25NO2/c1-14(12-18-10-4-3-5-11-18)13-20-17-8-6-16(7-9-17)15(2)19/h6-9,14H,3-5,10-13H2,1-2H3/t14-/m1/s1.